The summed E-state index contributed by atoms with van der Waals surface area (Å²) in [5.41, 5.74) is 10.4. The van der Waals surface area contributed by atoms with Gasteiger partial charge in [-0.2, -0.15) is 0 Å². The number of carbonyl (C=O) groups is 2. The number of carbonyl (C=O) groups excluding carboxylic acids is 2. The van der Waals surface area contributed by atoms with E-state index in [1.54, 1.807) is 12.4 Å². The number of hydrogen-bond acceptors (Lipinski definition) is 8. The van der Waals surface area contributed by atoms with Gasteiger partial charge in [-0.1, -0.05) is 13.0 Å². The second kappa shape index (κ2) is 16.8. The van der Waals surface area contributed by atoms with Crippen LogP contribution in [0.2, 0.25) is 0 Å². The van der Waals surface area contributed by atoms with Crippen molar-refractivity contribution < 1.29 is 18.7 Å². The first-order valence-corrected chi connectivity index (χ1v) is 15.3. The topological polar surface area (TPSA) is 131 Å². The van der Waals surface area contributed by atoms with Gasteiger partial charge in [-0.3, -0.25) is 14.8 Å². The average Bonchev–Trinajstić information content (AvgIpc) is 3.85. The number of benzene rings is 3. The fourth-order valence-electron chi connectivity index (χ4n) is 4.49. The number of fused-ring (bicyclic) bond motifs is 1. The Kier molecular flexibility index (Phi) is 12.4. The first-order chi connectivity index (χ1) is 22.4. The van der Waals surface area contributed by atoms with E-state index < -0.39 is 0 Å². The van der Waals surface area contributed by atoms with Crippen LogP contribution in [0.25, 0.3) is 16.5 Å². The summed E-state index contributed by atoms with van der Waals surface area (Å²) in [6, 6.07) is 21.7. The van der Waals surface area contributed by atoms with Crippen LogP contribution in [-0.2, 0) is 9.59 Å². The maximum absolute atomic E-state index is 12.2. The van der Waals surface area contributed by atoms with Gasteiger partial charge in [0.1, 0.15) is 23.6 Å². The zero-order valence-electron chi connectivity index (χ0n) is 26.2. The monoisotopic (exact) mass is 624 g/mol. The molecule has 2 fully saturated rings. The van der Waals surface area contributed by atoms with Crippen molar-refractivity contribution in [2.75, 3.05) is 30.8 Å². The molecule has 4 aromatic rings. The molecule has 0 atom stereocenters. The number of nitrogens with zero attached hydrogens (tertiary/aromatic N) is 2. The smallest absolute Gasteiger partial charge is 0.211 e. The minimum atomic E-state index is -0.309. The Morgan fingerprint density at radius 3 is 2.30 bits per heavy atom. The Morgan fingerprint density at radius 1 is 1.02 bits per heavy atom. The van der Waals surface area contributed by atoms with Crippen LogP contribution in [0.4, 0.5) is 15.8 Å². The van der Waals surface area contributed by atoms with Crippen LogP contribution in [0.15, 0.2) is 90.2 Å². The number of allylic oxidation sites excluding steroid dienone is 1. The molecule has 5 N–H and O–H groups in total. The third-order valence-electron chi connectivity index (χ3n) is 7.71. The molecule has 240 valence electrons. The Hall–Kier alpha value is -5.09. The molecule has 6 rings (SSSR count). The van der Waals surface area contributed by atoms with Crippen molar-refractivity contribution in [3.8, 4) is 11.5 Å². The number of aliphatic imine (C=N–C) groups is 1. The number of aldehydes is 1. The van der Waals surface area contributed by atoms with Crippen LogP contribution in [-0.4, -0.2) is 50.1 Å². The van der Waals surface area contributed by atoms with E-state index >= 15 is 0 Å². The highest BCUT2D eigenvalue weighted by Crippen LogP contribution is 2.42. The summed E-state index contributed by atoms with van der Waals surface area (Å²) < 4.78 is 18.3. The summed E-state index contributed by atoms with van der Waals surface area (Å²) in [4.78, 5) is 29.0. The fourth-order valence-corrected chi connectivity index (χ4v) is 4.49. The van der Waals surface area contributed by atoms with E-state index in [0.717, 1.165) is 84.3 Å². The van der Waals surface area contributed by atoms with Crippen molar-refractivity contribution in [3.05, 3.63) is 96.6 Å². The van der Waals surface area contributed by atoms with Gasteiger partial charge in [0.2, 0.25) is 6.41 Å². The number of rotatable bonds is 9. The van der Waals surface area contributed by atoms with Crippen LogP contribution >= 0.6 is 0 Å². The number of ether oxygens (including phenoxy) is 1. The number of halogens is 1. The zero-order chi connectivity index (χ0) is 32.8. The molecule has 2 aliphatic rings. The molecule has 46 heavy (non-hydrogen) atoms. The van der Waals surface area contributed by atoms with E-state index in [-0.39, 0.29) is 11.2 Å². The molecule has 1 aliphatic heterocycles. The summed E-state index contributed by atoms with van der Waals surface area (Å²) in [7, 11) is 1.89. The quantitative estimate of drug-likeness (QED) is 0.122. The second-order valence-corrected chi connectivity index (χ2v) is 11.3. The number of amides is 1. The fraction of sp³-hybridized carbons (Fsp3) is 0.278. The van der Waals surface area contributed by atoms with Crippen LogP contribution in [0, 0.1) is 11.2 Å². The maximum atomic E-state index is 12.2. The summed E-state index contributed by atoms with van der Waals surface area (Å²) in [5, 5.41) is 9.80. The van der Waals surface area contributed by atoms with Crippen molar-refractivity contribution in [2.24, 2.45) is 16.1 Å². The standard InChI is InChI=1S/C24H27N5O.C7H6FNO.C5H8O/c1-26-19-3-5-21(6-4-19)30-24-10-13-28-23-14-17(2-7-22(23)24)18(15-25)16-29-20-8-11-27-12-9-20;8-6-1-3-7(4-2-6)9-5-10;1-5(4-6)2-3-5/h2-7,10,13-16,20,26-27H,8-9,11-12,25H2,1H3;1-5H,(H,9,10);4H,2-3H2,1H3/b18-15+,29-16?;;. The molecule has 0 unspecified atom stereocenters. The largest absolute Gasteiger partial charge is 0.457 e. The molecule has 0 spiro atoms. The molecule has 1 aliphatic carbocycles. The molecule has 0 radical (unpaired) electrons. The van der Waals surface area contributed by atoms with Crippen LogP contribution in [0.5, 0.6) is 11.5 Å². The van der Waals surface area contributed by atoms with E-state index in [9.17, 15) is 14.0 Å². The number of hydrogen-bond donors (Lipinski definition) is 4. The molecule has 1 amide bonds. The van der Waals surface area contributed by atoms with Crippen molar-refractivity contribution >= 4 is 46.8 Å². The van der Waals surface area contributed by atoms with Gasteiger partial charge >= 0.3 is 0 Å². The molecular weight excluding hydrogens is 583 g/mol. The first kappa shape index (κ1) is 33.8. The molecule has 1 aromatic heterocycles. The SMILES string of the molecule is CC1(C=O)CC1.CNc1ccc(Oc2ccnc3cc(/C(C=NC4CCNCC4)=C/N)ccc23)cc1.O=CNc1ccc(F)cc1. The van der Waals surface area contributed by atoms with E-state index in [4.69, 9.17) is 15.5 Å². The molecule has 1 saturated heterocycles. The number of anilines is 2. The van der Waals surface area contributed by atoms with Gasteiger partial charge < -0.3 is 31.2 Å². The predicted octanol–water partition coefficient (Wildman–Crippen LogP) is 6.57. The molecule has 3 aromatic carbocycles. The highest BCUT2D eigenvalue weighted by molar-refractivity contribution is 6.10. The summed E-state index contributed by atoms with van der Waals surface area (Å²) in [6.07, 6.45) is 11.2. The number of aromatic nitrogens is 1. The van der Waals surface area contributed by atoms with E-state index in [2.05, 4.69) is 20.9 Å². The van der Waals surface area contributed by atoms with Crippen molar-refractivity contribution in [3.63, 3.8) is 0 Å². The summed E-state index contributed by atoms with van der Waals surface area (Å²) >= 11 is 0. The maximum Gasteiger partial charge on any atom is 0.211 e. The first-order valence-electron chi connectivity index (χ1n) is 15.3. The normalized spacial score (nSPS) is 15.5. The molecule has 9 nitrogen and oxygen atoms in total. The number of nitrogens with one attached hydrogen (secondary N) is 3. The Morgan fingerprint density at radius 2 is 1.72 bits per heavy atom. The Balaban J connectivity index is 0.000000244. The van der Waals surface area contributed by atoms with Gasteiger partial charge in [-0.25, -0.2) is 4.39 Å². The molecule has 0 bridgehead atoms. The lowest BCUT2D eigenvalue weighted by atomic mass is 10.0. The van der Waals surface area contributed by atoms with E-state index in [1.807, 2.05) is 68.7 Å². The van der Waals surface area contributed by atoms with Crippen molar-refractivity contribution in [2.45, 2.75) is 38.6 Å². The molecule has 1 saturated carbocycles. The van der Waals surface area contributed by atoms with Crippen LogP contribution < -0.4 is 26.4 Å². The summed E-state index contributed by atoms with van der Waals surface area (Å²) in [5.74, 6) is 1.24. The van der Waals surface area contributed by atoms with Crippen LogP contribution in [0.1, 0.15) is 38.2 Å². The van der Waals surface area contributed by atoms with Gasteiger partial charge in [0.05, 0.1) is 11.6 Å². The third kappa shape index (κ3) is 10.2. The van der Waals surface area contributed by atoms with Gasteiger partial charge in [0.15, 0.2) is 0 Å². The minimum Gasteiger partial charge on any atom is -0.457 e. The third-order valence-corrected chi connectivity index (χ3v) is 7.71. The predicted molar refractivity (Wildman–Crippen MR) is 184 cm³/mol. The molecule has 2 heterocycles. The van der Waals surface area contributed by atoms with Gasteiger partial charge in [0.25, 0.3) is 0 Å². The number of nitrogens with two attached hydrogens (primary N) is 1. The van der Waals surface area contributed by atoms with Crippen LogP contribution in [0.3, 0.4) is 0 Å². The summed E-state index contributed by atoms with van der Waals surface area (Å²) in [6.45, 7) is 4.02. The van der Waals surface area contributed by atoms with Gasteiger partial charge in [-0.15, -0.1) is 0 Å². The van der Waals surface area contributed by atoms with Gasteiger partial charge in [0, 0.05) is 53.4 Å². The lowest BCUT2D eigenvalue weighted by molar-refractivity contribution is -0.111. The van der Waals surface area contributed by atoms with Gasteiger partial charge in [-0.05, 0) is 111 Å². The average molecular weight is 625 g/mol. The Labute approximate surface area is 269 Å². The highest BCUT2D eigenvalue weighted by atomic mass is 19.1. The number of pyridine rings is 1. The van der Waals surface area contributed by atoms with E-state index in [0.29, 0.717) is 18.1 Å². The molecular formula is C36H41FN6O3. The highest BCUT2D eigenvalue weighted by Gasteiger charge is 2.36. The Bertz CT molecular complexity index is 1630. The lowest BCUT2D eigenvalue weighted by Gasteiger charge is -2.18. The zero-order valence-corrected chi connectivity index (χ0v) is 26.2. The van der Waals surface area contributed by atoms with Crippen molar-refractivity contribution in [1.82, 2.24) is 10.3 Å². The minimum absolute atomic E-state index is 0.111. The van der Waals surface area contributed by atoms with E-state index in [1.165, 1.54) is 24.3 Å². The second-order valence-electron chi connectivity index (χ2n) is 11.3. The molecule has 10 heteroatoms. The lowest BCUT2D eigenvalue weighted by Crippen LogP contribution is -2.29. The number of piperidine rings is 1. The van der Waals surface area contributed by atoms with Crippen molar-refractivity contribution in [1.29, 1.82) is 0 Å².